The van der Waals surface area contributed by atoms with Gasteiger partial charge in [0.2, 0.25) is 0 Å². The maximum Gasteiger partial charge on any atom is 0.119 e. The van der Waals surface area contributed by atoms with E-state index in [1.807, 2.05) is 31.2 Å². The molecule has 0 radical (unpaired) electrons. The van der Waals surface area contributed by atoms with Gasteiger partial charge in [-0.2, -0.15) is 0 Å². The highest BCUT2D eigenvalue weighted by molar-refractivity contribution is 5.31. The molecule has 0 fully saturated rings. The van der Waals surface area contributed by atoms with Gasteiger partial charge in [0, 0.05) is 6.54 Å². The van der Waals surface area contributed by atoms with Crippen molar-refractivity contribution in [2.45, 2.75) is 38.7 Å². The largest absolute Gasteiger partial charge is 0.494 e. The summed E-state index contributed by atoms with van der Waals surface area (Å²) in [5, 5.41) is 9.74. The monoisotopic (exact) mass is 267 g/mol. The van der Waals surface area contributed by atoms with Gasteiger partial charge in [-0.1, -0.05) is 0 Å². The van der Waals surface area contributed by atoms with Crippen molar-refractivity contribution < 1.29 is 14.6 Å². The molecule has 0 aliphatic rings. The average Bonchev–Trinajstić information content (AvgIpc) is 2.40. The summed E-state index contributed by atoms with van der Waals surface area (Å²) in [5.41, 5.74) is 4.71. The van der Waals surface area contributed by atoms with E-state index in [1.54, 1.807) is 6.92 Å². The molecule has 0 spiro atoms. The Balaban J connectivity index is 2.19. The Bertz CT molecular complexity index is 349. The lowest BCUT2D eigenvalue weighted by atomic mass is 10.00. The van der Waals surface area contributed by atoms with Crippen LogP contribution in [-0.4, -0.2) is 30.5 Å². The highest BCUT2D eigenvalue weighted by Crippen LogP contribution is 2.18. The predicted molar refractivity (Wildman–Crippen MR) is 76.6 cm³/mol. The summed E-state index contributed by atoms with van der Waals surface area (Å²) in [6, 6.07) is 7.61. The quantitative estimate of drug-likeness (QED) is 0.674. The zero-order valence-electron chi connectivity index (χ0n) is 11.9. The molecule has 0 bridgehead atoms. The Morgan fingerprint density at radius 1 is 1.11 bits per heavy atom. The Hall–Kier alpha value is -1.26. The molecule has 1 rings (SSSR count). The number of hydrogen-bond acceptors (Lipinski definition) is 4. The molecule has 0 aliphatic heterocycles. The van der Waals surface area contributed by atoms with Crippen LogP contribution in [0.1, 0.15) is 33.1 Å². The van der Waals surface area contributed by atoms with Crippen molar-refractivity contribution in [2.75, 3.05) is 19.8 Å². The van der Waals surface area contributed by atoms with Crippen LogP contribution in [-0.2, 0) is 0 Å². The van der Waals surface area contributed by atoms with Crippen LogP contribution in [0.4, 0.5) is 0 Å². The van der Waals surface area contributed by atoms with Crippen LogP contribution in [0.2, 0.25) is 0 Å². The zero-order chi connectivity index (χ0) is 14.1. The molecule has 19 heavy (non-hydrogen) atoms. The van der Waals surface area contributed by atoms with Gasteiger partial charge in [0.25, 0.3) is 0 Å². The van der Waals surface area contributed by atoms with Crippen LogP contribution in [0.5, 0.6) is 11.5 Å². The van der Waals surface area contributed by atoms with Gasteiger partial charge in [0.05, 0.1) is 18.8 Å². The second-order valence-corrected chi connectivity index (χ2v) is 4.91. The van der Waals surface area contributed by atoms with Crippen LogP contribution >= 0.6 is 0 Å². The first-order chi connectivity index (χ1) is 9.07. The minimum atomic E-state index is -0.751. The van der Waals surface area contributed by atoms with Gasteiger partial charge >= 0.3 is 0 Å². The van der Waals surface area contributed by atoms with E-state index in [9.17, 15) is 5.11 Å². The number of hydrogen-bond donors (Lipinski definition) is 2. The first-order valence-electron chi connectivity index (χ1n) is 6.85. The van der Waals surface area contributed by atoms with Crippen LogP contribution in [0.3, 0.4) is 0 Å². The number of nitrogens with two attached hydrogens (primary N) is 1. The zero-order valence-corrected chi connectivity index (χ0v) is 11.9. The molecule has 0 aliphatic carbocycles. The van der Waals surface area contributed by atoms with Crippen molar-refractivity contribution in [2.24, 2.45) is 5.73 Å². The van der Waals surface area contributed by atoms with Crippen molar-refractivity contribution >= 4 is 0 Å². The summed E-state index contributed by atoms with van der Waals surface area (Å²) in [7, 11) is 0. The first kappa shape index (κ1) is 15.8. The molecule has 0 heterocycles. The van der Waals surface area contributed by atoms with E-state index in [0.717, 1.165) is 24.3 Å². The van der Waals surface area contributed by atoms with E-state index in [2.05, 4.69) is 0 Å². The van der Waals surface area contributed by atoms with Gasteiger partial charge in [0.15, 0.2) is 0 Å². The third kappa shape index (κ3) is 6.45. The summed E-state index contributed by atoms with van der Waals surface area (Å²) in [5.74, 6) is 1.70. The average molecular weight is 267 g/mol. The highest BCUT2D eigenvalue weighted by Gasteiger charge is 2.16. The third-order valence-electron chi connectivity index (χ3n) is 2.95. The summed E-state index contributed by atoms with van der Waals surface area (Å²) in [6.45, 7) is 5.34. The highest BCUT2D eigenvalue weighted by atomic mass is 16.5. The third-order valence-corrected chi connectivity index (χ3v) is 2.95. The Labute approximate surface area is 115 Å². The van der Waals surface area contributed by atoms with E-state index in [0.29, 0.717) is 26.2 Å². The molecule has 1 aromatic rings. The lowest BCUT2D eigenvalue weighted by molar-refractivity contribution is 0.0562. The number of aliphatic hydroxyl groups is 1. The maximum atomic E-state index is 9.74. The Morgan fingerprint density at radius 3 is 2.21 bits per heavy atom. The first-order valence-corrected chi connectivity index (χ1v) is 6.85. The van der Waals surface area contributed by atoms with Crippen molar-refractivity contribution in [1.82, 2.24) is 0 Å². The summed E-state index contributed by atoms with van der Waals surface area (Å²) >= 11 is 0. The molecule has 0 aromatic heterocycles. The molecule has 1 unspecified atom stereocenters. The van der Waals surface area contributed by atoms with Gasteiger partial charge in [-0.15, -0.1) is 0 Å². The van der Waals surface area contributed by atoms with Gasteiger partial charge < -0.3 is 20.3 Å². The van der Waals surface area contributed by atoms with E-state index in [4.69, 9.17) is 15.2 Å². The van der Waals surface area contributed by atoms with Crippen LogP contribution in [0.15, 0.2) is 24.3 Å². The predicted octanol–water partition coefficient (Wildman–Crippen LogP) is 2.34. The number of ether oxygens (including phenoxy) is 2. The van der Waals surface area contributed by atoms with Gasteiger partial charge in [0.1, 0.15) is 11.5 Å². The van der Waals surface area contributed by atoms with E-state index >= 15 is 0 Å². The van der Waals surface area contributed by atoms with Crippen molar-refractivity contribution in [1.29, 1.82) is 0 Å². The topological polar surface area (TPSA) is 64.7 Å². The standard InChI is InChI=1S/C15H25NO3/c1-3-18-13-6-8-14(9-7-13)19-11-5-4-10-15(2,17)12-16/h6-9,17H,3-5,10-12,16H2,1-2H3. The van der Waals surface area contributed by atoms with Crippen LogP contribution in [0.25, 0.3) is 0 Å². The molecule has 4 nitrogen and oxygen atoms in total. The summed E-state index contributed by atoms with van der Waals surface area (Å²) < 4.78 is 11.0. The molecular formula is C15H25NO3. The van der Waals surface area contributed by atoms with Gasteiger partial charge in [-0.25, -0.2) is 0 Å². The Morgan fingerprint density at radius 2 is 1.68 bits per heavy atom. The van der Waals surface area contributed by atoms with Crippen molar-refractivity contribution in [3.63, 3.8) is 0 Å². The number of benzene rings is 1. The molecule has 0 saturated carbocycles. The summed E-state index contributed by atoms with van der Waals surface area (Å²) in [6.07, 6.45) is 2.51. The molecule has 0 amide bonds. The summed E-state index contributed by atoms with van der Waals surface area (Å²) in [4.78, 5) is 0. The normalized spacial score (nSPS) is 13.9. The maximum absolute atomic E-state index is 9.74. The Kier molecular flexibility index (Phi) is 6.67. The number of rotatable bonds is 9. The molecule has 108 valence electrons. The van der Waals surface area contributed by atoms with Crippen LogP contribution < -0.4 is 15.2 Å². The minimum absolute atomic E-state index is 0.298. The fourth-order valence-electron chi connectivity index (χ4n) is 1.70. The SMILES string of the molecule is CCOc1ccc(OCCCCC(C)(O)CN)cc1. The minimum Gasteiger partial charge on any atom is -0.494 e. The van der Waals surface area contributed by atoms with Crippen molar-refractivity contribution in [3.8, 4) is 11.5 Å². The second kappa shape index (κ2) is 8.02. The van der Waals surface area contributed by atoms with Gasteiger partial charge in [-0.05, 0) is 57.4 Å². The number of unbranched alkanes of at least 4 members (excludes halogenated alkanes) is 1. The van der Waals surface area contributed by atoms with E-state index < -0.39 is 5.60 Å². The lowest BCUT2D eigenvalue weighted by Gasteiger charge is -2.20. The smallest absolute Gasteiger partial charge is 0.119 e. The molecular weight excluding hydrogens is 242 g/mol. The molecule has 1 aromatic carbocycles. The lowest BCUT2D eigenvalue weighted by Crippen LogP contribution is -2.33. The van der Waals surface area contributed by atoms with E-state index in [1.165, 1.54) is 0 Å². The molecule has 4 heteroatoms. The van der Waals surface area contributed by atoms with Crippen LogP contribution in [0, 0.1) is 0 Å². The fourth-order valence-corrected chi connectivity index (χ4v) is 1.70. The van der Waals surface area contributed by atoms with E-state index in [-0.39, 0.29) is 0 Å². The van der Waals surface area contributed by atoms with Crippen molar-refractivity contribution in [3.05, 3.63) is 24.3 Å². The fraction of sp³-hybridized carbons (Fsp3) is 0.600. The molecule has 3 N–H and O–H groups in total. The second-order valence-electron chi connectivity index (χ2n) is 4.91. The van der Waals surface area contributed by atoms with Gasteiger partial charge in [-0.3, -0.25) is 0 Å². The molecule has 1 atom stereocenters. The molecule has 0 saturated heterocycles.